The fourth-order valence-electron chi connectivity index (χ4n) is 2.26. The Morgan fingerprint density at radius 2 is 1.96 bits per heavy atom. The van der Waals surface area contributed by atoms with Crippen molar-refractivity contribution in [3.05, 3.63) is 60.7 Å². The minimum absolute atomic E-state index is 0.0986. The molecule has 6 nitrogen and oxygen atoms in total. The topological polar surface area (TPSA) is 69.4 Å². The number of aromatic nitrogens is 3. The fourth-order valence-corrected chi connectivity index (χ4v) is 3.09. The third-order valence-electron chi connectivity index (χ3n) is 3.52. The number of halogens is 1. The molecule has 1 N–H and O–H groups in total. The number of aliphatic hydroxyl groups excluding tert-OH is 1. The number of methoxy groups -OCH3 is 1. The first-order chi connectivity index (χ1) is 12.7. The second kappa shape index (κ2) is 8.68. The van der Waals surface area contributed by atoms with Gasteiger partial charge in [0.2, 0.25) is 0 Å². The zero-order valence-electron chi connectivity index (χ0n) is 14.1. The smallest absolute Gasteiger partial charge is 0.195 e. The minimum Gasteiger partial charge on any atom is -0.495 e. The van der Waals surface area contributed by atoms with E-state index in [4.69, 9.17) is 9.47 Å². The number of hydrogen-bond acceptors (Lipinski definition) is 6. The van der Waals surface area contributed by atoms with Gasteiger partial charge in [-0.05, 0) is 36.4 Å². The summed E-state index contributed by atoms with van der Waals surface area (Å²) in [6.07, 6.45) is 0.884. The summed E-state index contributed by atoms with van der Waals surface area (Å²) in [6, 6.07) is 13.2. The predicted octanol–water partition coefficient (Wildman–Crippen LogP) is 2.95. The Morgan fingerprint density at radius 1 is 1.19 bits per heavy atom. The highest BCUT2D eigenvalue weighted by atomic mass is 32.2. The van der Waals surface area contributed by atoms with E-state index in [9.17, 15) is 9.50 Å². The first-order valence-corrected chi connectivity index (χ1v) is 8.88. The summed E-state index contributed by atoms with van der Waals surface area (Å²) in [5.74, 6) is 1.25. The van der Waals surface area contributed by atoms with Crippen molar-refractivity contribution in [1.29, 1.82) is 0 Å². The third-order valence-corrected chi connectivity index (χ3v) is 4.61. The molecule has 0 saturated carbocycles. The Morgan fingerprint density at radius 3 is 2.73 bits per heavy atom. The molecule has 0 spiro atoms. The molecule has 0 saturated heterocycles. The van der Waals surface area contributed by atoms with Crippen molar-refractivity contribution in [3.63, 3.8) is 0 Å². The maximum absolute atomic E-state index is 12.9. The summed E-state index contributed by atoms with van der Waals surface area (Å²) in [6.45, 7) is 0.0986. The van der Waals surface area contributed by atoms with Gasteiger partial charge in [-0.1, -0.05) is 23.9 Å². The molecule has 0 aliphatic heterocycles. The summed E-state index contributed by atoms with van der Waals surface area (Å²) in [5.41, 5.74) is 0.819. The van der Waals surface area contributed by atoms with Crippen molar-refractivity contribution < 1.29 is 19.0 Å². The van der Waals surface area contributed by atoms with Crippen LogP contribution < -0.4 is 9.47 Å². The van der Waals surface area contributed by atoms with Crippen molar-refractivity contribution in [2.75, 3.05) is 19.5 Å². The molecule has 0 aliphatic rings. The van der Waals surface area contributed by atoms with E-state index < -0.39 is 6.10 Å². The highest BCUT2D eigenvalue weighted by Gasteiger charge is 2.14. The normalized spacial score (nSPS) is 12.0. The van der Waals surface area contributed by atoms with Crippen LogP contribution in [0.15, 0.2) is 60.0 Å². The van der Waals surface area contributed by atoms with Crippen molar-refractivity contribution in [3.8, 4) is 17.2 Å². The lowest BCUT2D eigenvalue weighted by Crippen LogP contribution is -2.20. The number of rotatable bonds is 8. The molecule has 2 aromatic carbocycles. The molecule has 3 rings (SSSR count). The molecule has 0 amide bonds. The molecule has 0 fully saturated rings. The van der Waals surface area contributed by atoms with E-state index in [1.54, 1.807) is 18.0 Å². The molecule has 1 heterocycles. The van der Waals surface area contributed by atoms with Crippen LogP contribution >= 0.6 is 11.8 Å². The van der Waals surface area contributed by atoms with E-state index in [0.29, 0.717) is 22.4 Å². The Bertz CT molecular complexity index is 842. The molecule has 0 radical (unpaired) electrons. The van der Waals surface area contributed by atoms with Crippen LogP contribution in [0.1, 0.15) is 0 Å². The van der Waals surface area contributed by atoms with E-state index in [2.05, 4.69) is 10.2 Å². The predicted molar refractivity (Wildman–Crippen MR) is 96.5 cm³/mol. The Balaban J connectivity index is 1.58. The average molecular weight is 375 g/mol. The number of para-hydroxylation sites is 2. The van der Waals surface area contributed by atoms with Crippen molar-refractivity contribution in [2.45, 2.75) is 11.3 Å². The van der Waals surface area contributed by atoms with Gasteiger partial charge < -0.3 is 14.6 Å². The standard InChI is InChI=1S/C18H18FN3O3S/c1-24-17-5-3-2-4-16(17)22-12-20-21-18(22)26-11-14(23)10-25-15-8-6-13(19)7-9-15/h2-9,12,14,23H,10-11H2,1H3. The first kappa shape index (κ1) is 18.2. The third kappa shape index (κ3) is 4.53. The van der Waals surface area contributed by atoms with Gasteiger partial charge in [0.05, 0.1) is 18.9 Å². The van der Waals surface area contributed by atoms with Crippen LogP contribution in [0, 0.1) is 5.82 Å². The zero-order valence-corrected chi connectivity index (χ0v) is 14.9. The fraction of sp³-hybridized carbons (Fsp3) is 0.222. The number of nitrogens with zero attached hydrogens (tertiary/aromatic N) is 3. The van der Waals surface area contributed by atoms with E-state index in [1.165, 1.54) is 36.0 Å². The summed E-state index contributed by atoms with van der Waals surface area (Å²) >= 11 is 1.36. The molecule has 26 heavy (non-hydrogen) atoms. The van der Waals surface area contributed by atoms with Gasteiger partial charge in [0.25, 0.3) is 0 Å². The Labute approximate surface area is 154 Å². The van der Waals surface area contributed by atoms with Crippen LogP contribution in [0.2, 0.25) is 0 Å². The summed E-state index contributed by atoms with van der Waals surface area (Å²) in [7, 11) is 1.60. The first-order valence-electron chi connectivity index (χ1n) is 7.90. The Kier molecular flexibility index (Phi) is 6.08. The molecule has 136 valence electrons. The van der Waals surface area contributed by atoms with Gasteiger partial charge in [-0.25, -0.2) is 4.39 Å². The van der Waals surface area contributed by atoms with Crippen LogP contribution in [0.5, 0.6) is 11.5 Å². The van der Waals surface area contributed by atoms with Gasteiger partial charge in [-0.2, -0.15) is 0 Å². The van der Waals surface area contributed by atoms with Gasteiger partial charge in [0, 0.05) is 5.75 Å². The van der Waals surface area contributed by atoms with Crippen LogP contribution in [-0.2, 0) is 0 Å². The van der Waals surface area contributed by atoms with E-state index in [0.717, 1.165) is 5.69 Å². The molecule has 1 atom stereocenters. The molecule has 1 unspecified atom stereocenters. The number of ether oxygens (including phenoxy) is 2. The maximum Gasteiger partial charge on any atom is 0.195 e. The zero-order chi connectivity index (χ0) is 18.4. The lowest BCUT2D eigenvalue weighted by atomic mass is 10.3. The van der Waals surface area contributed by atoms with Crippen molar-refractivity contribution >= 4 is 11.8 Å². The highest BCUT2D eigenvalue weighted by molar-refractivity contribution is 7.99. The number of hydrogen-bond donors (Lipinski definition) is 1. The molecule has 8 heteroatoms. The van der Waals surface area contributed by atoms with Gasteiger partial charge in [0.1, 0.15) is 30.3 Å². The molecule has 1 aromatic heterocycles. The molecule has 3 aromatic rings. The SMILES string of the molecule is COc1ccccc1-n1cnnc1SCC(O)COc1ccc(F)cc1. The van der Waals surface area contributed by atoms with Crippen LogP contribution in [0.4, 0.5) is 4.39 Å². The highest BCUT2D eigenvalue weighted by Crippen LogP contribution is 2.26. The average Bonchev–Trinajstić information content (AvgIpc) is 3.14. The maximum atomic E-state index is 12.9. The summed E-state index contributed by atoms with van der Waals surface area (Å²) in [5, 5.41) is 18.8. The van der Waals surface area contributed by atoms with Crippen LogP contribution in [-0.4, -0.2) is 45.4 Å². The second-order valence-electron chi connectivity index (χ2n) is 5.39. The quantitative estimate of drug-likeness (QED) is 0.611. The van der Waals surface area contributed by atoms with Crippen LogP contribution in [0.25, 0.3) is 5.69 Å². The van der Waals surface area contributed by atoms with Crippen molar-refractivity contribution in [1.82, 2.24) is 14.8 Å². The van der Waals surface area contributed by atoms with Gasteiger partial charge >= 0.3 is 0 Å². The van der Waals surface area contributed by atoms with Gasteiger partial charge in [0.15, 0.2) is 5.16 Å². The lowest BCUT2D eigenvalue weighted by molar-refractivity contribution is 0.126. The Hall–Kier alpha value is -2.58. The largest absolute Gasteiger partial charge is 0.495 e. The summed E-state index contributed by atoms with van der Waals surface area (Å²) < 4.78 is 25.5. The molecular formula is C18H18FN3O3S. The van der Waals surface area contributed by atoms with E-state index in [-0.39, 0.29) is 12.4 Å². The molecule has 0 bridgehead atoms. The lowest BCUT2D eigenvalue weighted by Gasteiger charge is -2.13. The van der Waals surface area contributed by atoms with E-state index >= 15 is 0 Å². The van der Waals surface area contributed by atoms with Crippen LogP contribution in [0.3, 0.4) is 0 Å². The number of benzene rings is 2. The van der Waals surface area contributed by atoms with Crippen molar-refractivity contribution in [2.24, 2.45) is 0 Å². The second-order valence-corrected chi connectivity index (χ2v) is 6.37. The minimum atomic E-state index is -0.715. The molecular weight excluding hydrogens is 357 g/mol. The van der Waals surface area contributed by atoms with Gasteiger partial charge in [-0.15, -0.1) is 10.2 Å². The molecule has 0 aliphatic carbocycles. The van der Waals surface area contributed by atoms with E-state index in [1.807, 2.05) is 24.3 Å². The van der Waals surface area contributed by atoms with Gasteiger partial charge in [-0.3, -0.25) is 4.57 Å². The summed E-state index contributed by atoms with van der Waals surface area (Å²) in [4.78, 5) is 0. The number of thioether (sulfide) groups is 1. The number of aliphatic hydroxyl groups is 1. The monoisotopic (exact) mass is 375 g/mol.